The second-order valence-electron chi connectivity index (χ2n) is 6.42. The van der Waals surface area contributed by atoms with Crippen LogP contribution in [0.2, 0.25) is 0 Å². The Morgan fingerprint density at radius 2 is 2.17 bits per heavy atom. The maximum Gasteiger partial charge on any atom is 0.317 e. The molecule has 1 saturated carbocycles. The third-order valence-electron chi connectivity index (χ3n) is 4.64. The Hall–Kier alpha value is -2.05. The molecular weight excluding hydrogens is 294 g/mol. The lowest BCUT2D eigenvalue weighted by Gasteiger charge is -2.30. The van der Waals surface area contributed by atoms with Gasteiger partial charge in [0.25, 0.3) is 0 Å². The molecule has 126 valence electrons. The zero-order valence-electron chi connectivity index (χ0n) is 13.6. The van der Waals surface area contributed by atoms with Crippen LogP contribution in [0.5, 0.6) is 0 Å². The van der Waals surface area contributed by atoms with Gasteiger partial charge in [-0.3, -0.25) is 4.79 Å². The zero-order valence-corrected chi connectivity index (χ0v) is 13.6. The summed E-state index contributed by atoms with van der Waals surface area (Å²) in [6, 6.07) is 0.527. The van der Waals surface area contributed by atoms with Crippen LogP contribution in [0.4, 0.5) is 4.79 Å². The van der Waals surface area contributed by atoms with Crippen LogP contribution in [0.1, 0.15) is 32.6 Å². The minimum absolute atomic E-state index is 0.0214. The van der Waals surface area contributed by atoms with Gasteiger partial charge in [-0.05, 0) is 25.7 Å². The van der Waals surface area contributed by atoms with Gasteiger partial charge in [0.2, 0.25) is 5.91 Å². The highest BCUT2D eigenvalue weighted by Gasteiger charge is 2.36. The molecule has 1 aromatic heterocycles. The molecule has 1 aliphatic heterocycles. The topological polar surface area (TPSA) is 70.5 Å². The second-order valence-corrected chi connectivity index (χ2v) is 6.42. The molecule has 23 heavy (non-hydrogen) atoms. The largest absolute Gasteiger partial charge is 0.338 e. The van der Waals surface area contributed by atoms with Crippen molar-refractivity contribution in [3.63, 3.8) is 0 Å². The smallest absolute Gasteiger partial charge is 0.317 e. The van der Waals surface area contributed by atoms with E-state index in [0.717, 1.165) is 32.2 Å². The van der Waals surface area contributed by atoms with Crippen molar-refractivity contribution in [3.8, 4) is 0 Å². The van der Waals surface area contributed by atoms with Gasteiger partial charge in [-0.2, -0.15) is 0 Å². The van der Waals surface area contributed by atoms with Gasteiger partial charge in [0.1, 0.15) is 0 Å². The first kappa shape index (κ1) is 15.8. The van der Waals surface area contributed by atoms with Crippen LogP contribution in [0, 0.1) is 0 Å². The molecular formula is C16H25N5O2. The van der Waals surface area contributed by atoms with E-state index in [1.807, 2.05) is 20.6 Å². The van der Waals surface area contributed by atoms with Crippen molar-refractivity contribution in [1.82, 2.24) is 24.7 Å². The number of nitrogens with one attached hydrogen (secondary N) is 1. The zero-order chi connectivity index (χ0) is 16.2. The molecule has 0 spiro atoms. The number of carbonyl (C=O) groups excluding carboxylic acids is 2. The SMILES string of the molecule is CC(=O)N(CC1CCCN1C(=O)NCCn1ccnc1)C1CC1. The number of rotatable bonds is 6. The summed E-state index contributed by atoms with van der Waals surface area (Å²) in [5.41, 5.74) is 0. The molecule has 2 aliphatic rings. The Kier molecular flexibility index (Phi) is 4.83. The summed E-state index contributed by atoms with van der Waals surface area (Å²) < 4.78 is 1.94. The number of aromatic nitrogens is 2. The number of amides is 3. The highest BCUT2D eigenvalue weighted by Crippen LogP contribution is 2.29. The molecule has 1 N–H and O–H groups in total. The highest BCUT2D eigenvalue weighted by atomic mass is 16.2. The maximum atomic E-state index is 12.4. The van der Waals surface area contributed by atoms with Gasteiger partial charge >= 0.3 is 6.03 Å². The normalized spacial score (nSPS) is 20.6. The molecule has 1 unspecified atom stereocenters. The van der Waals surface area contributed by atoms with Crippen LogP contribution >= 0.6 is 0 Å². The fourth-order valence-electron chi connectivity index (χ4n) is 3.25. The number of hydrogen-bond acceptors (Lipinski definition) is 3. The van der Waals surface area contributed by atoms with Crippen molar-refractivity contribution < 1.29 is 9.59 Å². The number of nitrogens with zero attached hydrogens (tertiary/aromatic N) is 4. The highest BCUT2D eigenvalue weighted by molar-refractivity contribution is 5.76. The first-order valence-electron chi connectivity index (χ1n) is 8.42. The van der Waals surface area contributed by atoms with E-state index in [9.17, 15) is 9.59 Å². The molecule has 1 aromatic rings. The van der Waals surface area contributed by atoms with E-state index in [0.29, 0.717) is 25.7 Å². The van der Waals surface area contributed by atoms with Gasteiger partial charge in [0, 0.05) is 51.5 Å². The standard InChI is InChI=1S/C16H25N5O2/c1-13(22)21(14-4-5-14)11-15-3-2-8-20(15)16(23)18-7-10-19-9-6-17-12-19/h6,9,12,14-15H,2-5,7-8,10-11H2,1H3,(H,18,23). The monoisotopic (exact) mass is 319 g/mol. The molecule has 1 saturated heterocycles. The molecule has 1 aliphatic carbocycles. The van der Waals surface area contributed by atoms with Crippen LogP contribution in [0.3, 0.4) is 0 Å². The lowest BCUT2D eigenvalue weighted by atomic mass is 10.2. The Bertz CT molecular complexity index is 541. The van der Waals surface area contributed by atoms with Crippen molar-refractivity contribution in [1.29, 1.82) is 0 Å². The summed E-state index contributed by atoms with van der Waals surface area (Å²) in [6.45, 7) is 4.37. The van der Waals surface area contributed by atoms with Crippen molar-refractivity contribution in [3.05, 3.63) is 18.7 Å². The molecule has 0 radical (unpaired) electrons. The lowest BCUT2D eigenvalue weighted by molar-refractivity contribution is -0.130. The molecule has 7 heteroatoms. The fourth-order valence-corrected chi connectivity index (χ4v) is 3.25. The van der Waals surface area contributed by atoms with Crippen LogP contribution in [-0.2, 0) is 11.3 Å². The van der Waals surface area contributed by atoms with Gasteiger partial charge in [0.15, 0.2) is 0 Å². The van der Waals surface area contributed by atoms with E-state index in [2.05, 4.69) is 10.3 Å². The minimum atomic E-state index is -0.0214. The van der Waals surface area contributed by atoms with Gasteiger partial charge in [-0.25, -0.2) is 9.78 Å². The molecule has 0 bridgehead atoms. The summed E-state index contributed by atoms with van der Waals surface area (Å²) in [4.78, 5) is 32.0. The van der Waals surface area contributed by atoms with E-state index >= 15 is 0 Å². The summed E-state index contributed by atoms with van der Waals surface area (Å²) in [7, 11) is 0. The molecule has 2 fully saturated rings. The average molecular weight is 319 g/mol. The Labute approximate surface area is 136 Å². The van der Waals surface area contributed by atoms with Crippen molar-refractivity contribution in [2.75, 3.05) is 19.6 Å². The Balaban J connectivity index is 1.49. The Morgan fingerprint density at radius 1 is 1.35 bits per heavy atom. The van der Waals surface area contributed by atoms with E-state index in [4.69, 9.17) is 0 Å². The van der Waals surface area contributed by atoms with Gasteiger partial charge in [0.05, 0.1) is 12.4 Å². The molecule has 0 aromatic carbocycles. The fraction of sp³-hybridized carbons (Fsp3) is 0.688. The average Bonchev–Trinajstić information content (AvgIpc) is 3.03. The summed E-state index contributed by atoms with van der Waals surface area (Å²) in [5.74, 6) is 0.125. The number of urea groups is 1. The quantitative estimate of drug-likeness (QED) is 0.852. The first-order valence-corrected chi connectivity index (χ1v) is 8.42. The van der Waals surface area contributed by atoms with E-state index < -0.39 is 0 Å². The second kappa shape index (κ2) is 7.02. The van der Waals surface area contributed by atoms with Crippen LogP contribution in [0.15, 0.2) is 18.7 Å². The molecule has 1 atom stereocenters. The van der Waals surface area contributed by atoms with Crippen molar-refractivity contribution in [2.45, 2.75) is 51.2 Å². The molecule has 3 rings (SSSR count). The van der Waals surface area contributed by atoms with Crippen LogP contribution < -0.4 is 5.32 Å². The number of carbonyl (C=O) groups is 2. The van der Waals surface area contributed by atoms with Gasteiger partial charge in [-0.15, -0.1) is 0 Å². The number of likely N-dealkylation sites (tertiary alicyclic amines) is 1. The lowest BCUT2D eigenvalue weighted by Crippen LogP contribution is -2.49. The molecule has 7 nitrogen and oxygen atoms in total. The van der Waals surface area contributed by atoms with Crippen molar-refractivity contribution >= 4 is 11.9 Å². The number of hydrogen-bond donors (Lipinski definition) is 1. The maximum absolute atomic E-state index is 12.4. The van der Waals surface area contributed by atoms with E-state index in [1.165, 1.54) is 0 Å². The van der Waals surface area contributed by atoms with Crippen LogP contribution in [0.25, 0.3) is 0 Å². The van der Waals surface area contributed by atoms with Gasteiger partial charge in [-0.1, -0.05) is 0 Å². The first-order chi connectivity index (χ1) is 11.1. The molecule has 3 amide bonds. The number of imidazole rings is 1. The third kappa shape index (κ3) is 4.03. The summed E-state index contributed by atoms with van der Waals surface area (Å²) in [5, 5.41) is 2.98. The van der Waals surface area contributed by atoms with E-state index in [-0.39, 0.29) is 18.0 Å². The minimum Gasteiger partial charge on any atom is -0.338 e. The molecule has 2 heterocycles. The van der Waals surface area contributed by atoms with Gasteiger partial charge < -0.3 is 19.7 Å². The van der Waals surface area contributed by atoms with Crippen LogP contribution in [-0.4, -0.2) is 63.0 Å². The third-order valence-corrected chi connectivity index (χ3v) is 4.64. The predicted molar refractivity (Wildman–Crippen MR) is 85.8 cm³/mol. The summed E-state index contributed by atoms with van der Waals surface area (Å²) in [6.07, 6.45) is 9.54. The summed E-state index contributed by atoms with van der Waals surface area (Å²) >= 11 is 0. The Morgan fingerprint density at radius 3 is 2.83 bits per heavy atom. The van der Waals surface area contributed by atoms with Crippen molar-refractivity contribution in [2.24, 2.45) is 0 Å². The predicted octanol–water partition coefficient (Wildman–Crippen LogP) is 1.07. The van der Waals surface area contributed by atoms with E-state index in [1.54, 1.807) is 19.4 Å².